The van der Waals surface area contributed by atoms with Crippen LogP contribution in [0.2, 0.25) is 0 Å². The molecule has 62 valence electrons. The van der Waals surface area contributed by atoms with Crippen molar-refractivity contribution < 1.29 is 0 Å². The summed E-state index contributed by atoms with van der Waals surface area (Å²) in [7, 11) is 0. The predicted octanol–water partition coefficient (Wildman–Crippen LogP) is 2.67. The van der Waals surface area contributed by atoms with Gasteiger partial charge in [0.1, 0.15) is 0 Å². The topological polar surface area (TPSA) is 0 Å². The quantitative estimate of drug-likeness (QED) is 0.459. The number of benzene rings is 2. The van der Waals surface area contributed by atoms with Crippen LogP contribution in [-0.2, 0) is 0 Å². The van der Waals surface area contributed by atoms with Crippen molar-refractivity contribution in [1.29, 1.82) is 0 Å². The van der Waals surface area contributed by atoms with E-state index in [0.29, 0.717) is 0 Å². The van der Waals surface area contributed by atoms with Crippen molar-refractivity contribution in [1.82, 2.24) is 0 Å². The van der Waals surface area contributed by atoms with Crippen molar-refractivity contribution in [2.75, 3.05) is 0 Å². The van der Waals surface area contributed by atoms with Crippen LogP contribution in [0.1, 0.15) is 0 Å². The third-order valence-corrected chi connectivity index (χ3v) is 2.65. The van der Waals surface area contributed by atoms with Gasteiger partial charge in [0.25, 0.3) is 0 Å². The van der Waals surface area contributed by atoms with Gasteiger partial charge in [-0.3, -0.25) is 0 Å². The van der Waals surface area contributed by atoms with E-state index in [1.165, 1.54) is 21.5 Å². The van der Waals surface area contributed by atoms with Gasteiger partial charge in [0.15, 0.2) is 0 Å². The first-order valence-corrected chi connectivity index (χ1v) is 4.82. The third-order valence-electron chi connectivity index (χ3n) is 2.65. The third kappa shape index (κ3) is 1.11. The van der Waals surface area contributed by atoms with E-state index in [9.17, 15) is 0 Å². The summed E-state index contributed by atoms with van der Waals surface area (Å²) in [5.41, 5.74) is 0. The molecule has 0 aliphatic carbocycles. The van der Waals surface area contributed by atoms with Crippen LogP contribution in [0.4, 0.5) is 0 Å². The van der Waals surface area contributed by atoms with E-state index in [1.54, 1.807) is 0 Å². The molecule has 0 unspecified atom stereocenters. The minimum atomic E-state index is 1.31. The molecule has 0 amide bonds. The number of fused-ring (bicyclic) bond motifs is 3. The Morgan fingerprint density at radius 1 is 0.643 bits per heavy atom. The Balaban J connectivity index is 2.61. The molecular formula is C12H8B2. The summed E-state index contributed by atoms with van der Waals surface area (Å²) in [5.74, 6) is 4.33. The Morgan fingerprint density at radius 3 is 2.43 bits per heavy atom. The van der Waals surface area contributed by atoms with Gasteiger partial charge in [-0.05, 0) is 0 Å². The number of rotatable bonds is 0. The zero-order chi connectivity index (χ0) is 9.38. The van der Waals surface area contributed by atoms with Gasteiger partial charge in [-0.15, -0.1) is 0 Å². The molecule has 0 aliphatic rings. The summed E-state index contributed by atoms with van der Waals surface area (Å²) in [5, 5.41) is 5.30. The summed E-state index contributed by atoms with van der Waals surface area (Å²) < 4.78 is 0. The van der Waals surface area contributed by atoms with Crippen molar-refractivity contribution in [2.45, 2.75) is 0 Å². The molecule has 3 rings (SSSR count). The van der Waals surface area contributed by atoms with E-state index in [1.807, 2.05) is 0 Å². The zero-order valence-corrected chi connectivity index (χ0v) is 7.77. The summed E-state index contributed by atoms with van der Waals surface area (Å²) in [6, 6.07) is 12.9. The van der Waals surface area contributed by atoms with Crippen molar-refractivity contribution in [3.8, 4) is 0 Å². The average Bonchev–Trinajstić information content (AvgIpc) is 2.29. The zero-order valence-electron chi connectivity index (χ0n) is 7.77. The van der Waals surface area contributed by atoms with Gasteiger partial charge in [-0.2, -0.15) is 0 Å². The van der Waals surface area contributed by atoms with Crippen LogP contribution in [0.5, 0.6) is 0 Å². The maximum absolute atomic E-state index is 2.18. The molecular weight excluding hydrogens is 166 g/mol. The van der Waals surface area contributed by atoms with E-state index >= 15 is 0 Å². The molecule has 0 saturated carbocycles. The Hall–Kier alpha value is -1.43. The fourth-order valence-corrected chi connectivity index (χ4v) is 1.95. The molecule has 0 aliphatic heterocycles. The maximum atomic E-state index is 2.18. The molecule has 0 nitrogen and oxygen atoms in total. The van der Waals surface area contributed by atoms with E-state index in [0.717, 1.165) is 0 Å². The molecule has 1 heterocycles. The summed E-state index contributed by atoms with van der Waals surface area (Å²) in [6.45, 7) is 4.17. The first-order chi connectivity index (χ1) is 6.95. The van der Waals surface area contributed by atoms with Gasteiger partial charge < -0.3 is 0 Å². The first kappa shape index (κ1) is 7.93. The van der Waals surface area contributed by atoms with Crippen LogP contribution in [0.15, 0.2) is 48.3 Å². The Morgan fingerprint density at radius 2 is 1.43 bits per heavy atom. The van der Waals surface area contributed by atoms with E-state index in [-0.39, 0.29) is 0 Å². The van der Waals surface area contributed by atoms with Gasteiger partial charge in [0.2, 0.25) is 0 Å². The molecule has 3 aromatic rings. The van der Waals surface area contributed by atoms with Crippen LogP contribution in [0, 0.1) is 0 Å². The Kier molecular flexibility index (Phi) is 1.73. The predicted molar refractivity (Wildman–Crippen MR) is 64.1 cm³/mol. The molecule has 0 atom stereocenters. The second kappa shape index (κ2) is 3.05. The fourth-order valence-electron chi connectivity index (χ4n) is 1.95. The molecule has 2 heteroatoms. The van der Waals surface area contributed by atoms with Crippen molar-refractivity contribution in [3.05, 3.63) is 48.3 Å². The average molecular weight is 174 g/mol. The van der Waals surface area contributed by atoms with Gasteiger partial charge in [0.05, 0.1) is 0 Å². The molecule has 0 radical (unpaired) electrons. The van der Waals surface area contributed by atoms with E-state index in [2.05, 4.69) is 61.9 Å². The van der Waals surface area contributed by atoms with Crippen LogP contribution in [0.3, 0.4) is 0 Å². The molecule has 2 aromatic carbocycles. The van der Waals surface area contributed by atoms with Crippen molar-refractivity contribution >= 4 is 35.1 Å². The SMILES string of the molecule is b1bcc2c(c1)ccc1ccccc12. The molecule has 0 fully saturated rings. The summed E-state index contributed by atoms with van der Waals surface area (Å²) in [4.78, 5) is 0. The second-order valence-electron chi connectivity index (χ2n) is 3.51. The number of hydrogen-bond acceptors (Lipinski definition) is 0. The van der Waals surface area contributed by atoms with E-state index in [4.69, 9.17) is 0 Å². The first-order valence-electron chi connectivity index (χ1n) is 4.82. The summed E-state index contributed by atoms with van der Waals surface area (Å²) in [6.07, 6.45) is 0. The fraction of sp³-hybridized carbons (Fsp3) is 0. The van der Waals surface area contributed by atoms with Crippen LogP contribution in [0.25, 0.3) is 21.5 Å². The molecule has 0 N–H and O–H groups in total. The van der Waals surface area contributed by atoms with Gasteiger partial charge in [0, 0.05) is 0 Å². The van der Waals surface area contributed by atoms with Gasteiger partial charge in [-0.1, -0.05) is 0 Å². The van der Waals surface area contributed by atoms with Crippen LogP contribution in [-0.4, -0.2) is 13.6 Å². The molecule has 0 bridgehead atoms. The number of hydrogen-bond donors (Lipinski definition) is 0. The summed E-state index contributed by atoms with van der Waals surface area (Å²) >= 11 is 0. The normalized spacial score (nSPS) is 10.3. The Labute approximate surface area is 84.0 Å². The molecule has 1 aromatic heterocycles. The molecule has 0 spiro atoms. The van der Waals surface area contributed by atoms with Crippen molar-refractivity contribution in [3.63, 3.8) is 0 Å². The standard InChI is InChI=1S/C12H8B2/c1-2-4-11-9(3-1)5-6-10-7-13-14-8-12(10)11/h1-8H. The van der Waals surface area contributed by atoms with Crippen LogP contribution < -0.4 is 0 Å². The minimum absolute atomic E-state index is 1.31. The Bertz CT molecular complexity index is 547. The monoisotopic (exact) mass is 174 g/mol. The van der Waals surface area contributed by atoms with Gasteiger partial charge in [-0.25, -0.2) is 0 Å². The second-order valence-corrected chi connectivity index (χ2v) is 3.51. The van der Waals surface area contributed by atoms with Gasteiger partial charge >= 0.3 is 83.5 Å². The molecule has 0 saturated heterocycles. The van der Waals surface area contributed by atoms with Crippen molar-refractivity contribution in [2.24, 2.45) is 0 Å². The molecule has 14 heavy (non-hydrogen) atoms. The van der Waals surface area contributed by atoms with E-state index < -0.39 is 0 Å². The van der Waals surface area contributed by atoms with Crippen LogP contribution >= 0.6 is 0 Å².